The smallest absolute Gasteiger partial charge is 0.318 e. The number of rotatable bonds is 5. The summed E-state index contributed by atoms with van der Waals surface area (Å²) in [6.07, 6.45) is 3.92. The zero-order chi connectivity index (χ0) is 16.3. The minimum absolute atomic E-state index is 0.0279. The van der Waals surface area contributed by atoms with Gasteiger partial charge < -0.3 is 20.1 Å². The normalized spacial score (nSPS) is 26.1. The Hall–Kier alpha value is -1.59. The molecule has 5 nitrogen and oxygen atoms in total. The van der Waals surface area contributed by atoms with Gasteiger partial charge in [-0.2, -0.15) is 0 Å². The molecule has 126 valence electrons. The fraction of sp³-hybridized carbons (Fsp3) is 0.611. The van der Waals surface area contributed by atoms with Gasteiger partial charge >= 0.3 is 6.03 Å². The molecule has 23 heavy (non-hydrogen) atoms. The van der Waals surface area contributed by atoms with Gasteiger partial charge in [0.2, 0.25) is 0 Å². The lowest BCUT2D eigenvalue weighted by atomic mass is 10.0. The van der Waals surface area contributed by atoms with Crippen LogP contribution in [0.25, 0.3) is 0 Å². The quantitative estimate of drug-likeness (QED) is 0.875. The minimum atomic E-state index is -0.256. The molecule has 1 aliphatic heterocycles. The average molecular weight is 318 g/mol. The molecule has 2 atom stereocenters. The number of carbonyl (C=O) groups excluding carboxylic acids is 1. The Labute approximate surface area is 137 Å². The van der Waals surface area contributed by atoms with E-state index < -0.39 is 0 Å². The number of nitrogens with one attached hydrogen (secondary N) is 1. The number of hydrogen-bond acceptors (Lipinski definition) is 3. The molecule has 0 aromatic heterocycles. The topological polar surface area (TPSA) is 61.8 Å². The van der Waals surface area contributed by atoms with E-state index in [-0.39, 0.29) is 24.3 Å². The third kappa shape index (κ3) is 3.51. The number of aliphatic hydroxyl groups excluding tert-OH is 1. The Morgan fingerprint density at radius 1 is 1.48 bits per heavy atom. The summed E-state index contributed by atoms with van der Waals surface area (Å²) in [5.74, 6) is 0. The standard InChI is InChI=1S/C18H26N2O3/c1-18(9-4-12-23-18)13-19-17(22)20(10-11-21)16-8-7-14-5-2-3-6-15(14)16/h2-3,5-6,16,21H,4,7-13H2,1H3,(H,19,22). The van der Waals surface area contributed by atoms with Crippen molar-refractivity contribution in [3.05, 3.63) is 35.4 Å². The number of urea groups is 1. The minimum Gasteiger partial charge on any atom is -0.395 e. The number of aryl methyl sites for hydroxylation is 1. The van der Waals surface area contributed by atoms with Crippen LogP contribution in [0.5, 0.6) is 0 Å². The first kappa shape index (κ1) is 16.3. The van der Waals surface area contributed by atoms with E-state index in [1.165, 1.54) is 11.1 Å². The van der Waals surface area contributed by atoms with Gasteiger partial charge in [-0.05, 0) is 43.7 Å². The van der Waals surface area contributed by atoms with Gasteiger partial charge in [0.15, 0.2) is 0 Å². The van der Waals surface area contributed by atoms with E-state index in [4.69, 9.17) is 4.74 Å². The van der Waals surface area contributed by atoms with Crippen LogP contribution in [-0.2, 0) is 11.2 Å². The molecule has 1 saturated heterocycles. The van der Waals surface area contributed by atoms with Gasteiger partial charge in [0.05, 0.1) is 18.2 Å². The third-order valence-electron chi connectivity index (χ3n) is 4.99. The highest BCUT2D eigenvalue weighted by Gasteiger charge is 2.33. The van der Waals surface area contributed by atoms with Crippen LogP contribution >= 0.6 is 0 Å². The first-order chi connectivity index (χ1) is 11.1. The fourth-order valence-electron chi connectivity index (χ4n) is 3.71. The molecule has 0 radical (unpaired) electrons. The van der Waals surface area contributed by atoms with Crippen LogP contribution in [0.1, 0.15) is 43.4 Å². The summed E-state index contributed by atoms with van der Waals surface area (Å²) in [4.78, 5) is 14.4. The van der Waals surface area contributed by atoms with Crippen molar-refractivity contribution in [3.8, 4) is 0 Å². The fourth-order valence-corrected chi connectivity index (χ4v) is 3.71. The second-order valence-electron chi connectivity index (χ2n) is 6.73. The van der Waals surface area contributed by atoms with Crippen LogP contribution < -0.4 is 5.32 Å². The molecule has 2 N–H and O–H groups in total. The number of carbonyl (C=O) groups is 1. The zero-order valence-electron chi connectivity index (χ0n) is 13.8. The average Bonchev–Trinajstić information content (AvgIpc) is 3.17. The van der Waals surface area contributed by atoms with Crippen LogP contribution in [-0.4, -0.2) is 47.9 Å². The Morgan fingerprint density at radius 2 is 2.30 bits per heavy atom. The SMILES string of the molecule is CC1(CNC(=O)N(CCO)C2CCc3ccccc32)CCCO1. The number of nitrogens with zero attached hydrogens (tertiary/aromatic N) is 1. The molecular formula is C18H26N2O3. The summed E-state index contributed by atoms with van der Waals surface area (Å²) < 4.78 is 5.73. The largest absolute Gasteiger partial charge is 0.395 e. The maximum Gasteiger partial charge on any atom is 0.318 e. The molecule has 0 spiro atoms. The molecule has 0 bridgehead atoms. The van der Waals surface area contributed by atoms with Gasteiger partial charge in [-0.15, -0.1) is 0 Å². The summed E-state index contributed by atoms with van der Waals surface area (Å²) in [6, 6.07) is 8.20. The predicted molar refractivity (Wildman–Crippen MR) is 88.3 cm³/mol. The number of aliphatic hydroxyl groups is 1. The Bertz CT molecular complexity index is 555. The summed E-state index contributed by atoms with van der Waals surface area (Å²) in [5, 5.41) is 12.4. The second-order valence-corrected chi connectivity index (χ2v) is 6.73. The first-order valence-electron chi connectivity index (χ1n) is 8.50. The molecule has 1 aromatic carbocycles. The second kappa shape index (κ2) is 6.89. The van der Waals surface area contributed by atoms with Crippen molar-refractivity contribution < 1.29 is 14.6 Å². The summed E-state index contributed by atoms with van der Waals surface area (Å²) >= 11 is 0. The molecule has 2 aliphatic rings. The van der Waals surface area contributed by atoms with E-state index in [1.807, 2.05) is 19.1 Å². The Morgan fingerprint density at radius 3 is 3.04 bits per heavy atom. The lowest BCUT2D eigenvalue weighted by Gasteiger charge is -2.31. The highest BCUT2D eigenvalue weighted by atomic mass is 16.5. The molecule has 3 rings (SSSR count). The van der Waals surface area contributed by atoms with Gasteiger partial charge in [-0.1, -0.05) is 24.3 Å². The van der Waals surface area contributed by atoms with Crippen molar-refractivity contribution in [2.24, 2.45) is 0 Å². The van der Waals surface area contributed by atoms with E-state index >= 15 is 0 Å². The van der Waals surface area contributed by atoms with Crippen LogP contribution in [0.15, 0.2) is 24.3 Å². The molecule has 2 unspecified atom stereocenters. The summed E-state index contributed by atoms with van der Waals surface area (Å²) in [5.41, 5.74) is 2.26. The highest BCUT2D eigenvalue weighted by molar-refractivity contribution is 5.75. The maximum absolute atomic E-state index is 12.7. The lowest BCUT2D eigenvalue weighted by molar-refractivity contribution is 0.0212. The molecule has 1 fully saturated rings. The number of fused-ring (bicyclic) bond motifs is 1. The van der Waals surface area contributed by atoms with Crippen LogP contribution in [0.2, 0.25) is 0 Å². The number of benzene rings is 1. The monoisotopic (exact) mass is 318 g/mol. The van der Waals surface area contributed by atoms with Crippen molar-refractivity contribution in [1.82, 2.24) is 10.2 Å². The van der Waals surface area contributed by atoms with Crippen LogP contribution in [0, 0.1) is 0 Å². The first-order valence-corrected chi connectivity index (χ1v) is 8.50. The van der Waals surface area contributed by atoms with E-state index in [2.05, 4.69) is 17.4 Å². The van der Waals surface area contributed by atoms with Crippen molar-refractivity contribution in [1.29, 1.82) is 0 Å². The molecule has 5 heteroatoms. The van der Waals surface area contributed by atoms with Crippen molar-refractivity contribution in [2.45, 2.75) is 44.2 Å². The van der Waals surface area contributed by atoms with E-state index in [1.54, 1.807) is 4.90 Å². The van der Waals surface area contributed by atoms with Gasteiger partial charge in [0.1, 0.15) is 0 Å². The van der Waals surface area contributed by atoms with Crippen LogP contribution in [0.3, 0.4) is 0 Å². The Balaban J connectivity index is 1.68. The van der Waals surface area contributed by atoms with Gasteiger partial charge in [0, 0.05) is 19.7 Å². The molecule has 1 heterocycles. The maximum atomic E-state index is 12.7. The number of hydrogen-bond donors (Lipinski definition) is 2. The van der Waals surface area contributed by atoms with Crippen LogP contribution in [0.4, 0.5) is 4.79 Å². The molecular weight excluding hydrogens is 292 g/mol. The molecule has 2 amide bonds. The van der Waals surface area contributed by atoms with Gasteiger partial charge in [0.25, 0.3) is 0 Å². The van der Waals surface area contributed by atoms with E-state index in [9.17, 15) is 9.90 Å². The number of ether oxygens (including phenoxy) is 1. The predicted octanol–water partition coefficient (Wildman–Crippen LogP) is 2.25. The molecule has 0 saturated carbocycles. The van der Waals surface area contributed by atoms with Crippen molar-refractivity contribution >= 4 is 6.03 Å². The number of amides is 2. The van der Waals surface area contributed by atoms with Crippen molar-refractivity contribution in [2.75, 3.05) is 26.3 Å². The summed E-state index contributed by atoms with van der Waals surface area (Å²) in [6.45, 7) is 3.65. The van der Waals surface area contributed by atoms with E-state index in [0.29, 0.717) is 13.1 Å². The molecule has 1 aromatic rings. The van der Waals surface area contributed by atoms with Crippen molar-refractivity contribution in [3.63, 3.8) is 0 Å². The van der Waals surface area contributed by atoms with E-state index in [0.717, 1.165) is 32.3 Å². The van der Waals surface area contributed by atoms with Gasteiger partial charge in [-0.25, -0.2) is 4.79 Å². The third-order valence-corrected chi connectivity index (χ3v) is 4.99. The highest BCUT2D eigenvalue weighted by Crippen LogP contribution is 2.35. The summed E-state index contributed by atoms with van der Waals surface area (Å²) in [7, 11) is 0. The lowest BCUT2D eigenvalue weighted by Crippen LogP contribution is -2.48. The van der Waals surface area contributed by atoms with Gasteiger partial charge in [-0.3, -0.25) is 0 Å². The zero-order valence-corrected chi connectivity index (χ0v) is 13.8. The molecule has 1 aliphatic carbocycles. The Kier molecular flexibility index (Phi) is 4.87.